The van der Waals surface area contributed by atoms with Crippen molar-refractivity contribution in [3.05, 3.63) is 158 Å². The zero-order valence-corrected chi connectivity index (χ0v) is 66.4. The summed E-state index contributed by atoms with van der Waals surface area (Å²) in [5.41, 5.74) is 0. The van der Waals surface area contributed by atoms with Crippen LogP contribution in [-0.4, -0.2) is 96.7 Å². The van der Waals surface area contributed by atoms with E-state index in [0.29, 0.717) is 44.9 Å². The van der Waals surface area contributed by atoms with Gasteiger partial charge in [0.1, 0.15) is 19.3 Å². The molecule has 0 saturated heterocycles. The lowest BCUT2D eigenvalue weighted by Gasteiger charge is -2.21. The first kappa shape index (κ1) is 98.7. The van der Waals surface area contributed by atoms with E-state index in [0.717, 1.165) is 116 Å². The van der Waals surface area contributed by atoms with Crippen LogP contribution >= 0.6 is 15.6 Å². The highest BCUT2D eigenvalue weighted by Crippen LogP contribution is 2.45. The second kappa shape index (κ2) is 75.9. The molecule has 0 aromatic rings. The molecule has 0 saturated carbocycles. The van der Waals surface area contributed by atoms with Crippen molar-refractivity contribution >= 4 is 39.5 Å². The number of hydrogen-bond acceptors (Lipinski definition) is 15. The summed E-state index contributed by atoms with van der Waals surface area (Å²) in [4.78, 5) is 72.9. The molecule has 0 rings (SSSR count). The Hall–Kier alpha value is -5.32. The second-order valence-electron chi connectivity index (χ2n) is 25.9. The lowest BCUT2D eigenvalue weighted by Crippen LogP contribution is -2.30. The third kappa shape index (κ3) is 74.9. The minimum absolute atomic E-state index is 0.00107. The van der Waals surface area contributed by atoms with Crippen LogP contribution in [0.15, 0.2) is 158 Å². The van der Waals surface area contributed by atoms with Gasteiger partial charge in [-0.05, 0) is 167 Å². The van der Waals surface area contributed by atoms with Gasteiger partial charge >= 0.3 is 39.5 Å². The number of unbranched alkanes of at least 4 members (excludes halogenated alkanes) is 21. The molecule has 3 N–H and O–H groups in total. The first-order valence-corrected chi connectivity index (χ1v) is 42.7. The largest absolute Gasteiger partial charge is 0.472 e. The van der Waals surface area contributed by atoms with Crippen LogP contribution < -0.4 is 0 Å². The number of hydrogen-bond donors (Lipinski definition) is 3. The van der Waals surface area contributed by atoms with Gasteiger partial charge in [-0.3, -0.25) is 37.3 Å². The summed E-state index contributed by atoms with van der Waals surface area (Å²) in [5.74, 6) is -2.39. The van der Waals surface area contributed by atoms with Crippen LogP contribution in [0.3, 0.4) is 0 Å². The molecule has 0 amide bonds. The minimum Gasteiger partial charge on any atom is -0.462 e. The summed E-state index contributed by atoms with van der Waals surface area (Å²) < 4.78 is 68.4. The number of aliphatic hydroxyl groups is 1. The quantitative estimate of drug-likeness (QED) is 0.0169. The van der Waals surface area contributed by atoms with Crippen molar-refractivity contribution in [2.45, 2.75) is 316 Å². The highest BCUT2D eigenvalue weighted by atomic mass is 31.2. The molecule has 592 valence electrons. The molecule has 0 heterocycles. The Labute approximate surface area is 629 Å². The minimum atomic E-state index is -5.01. The lowest BCUT2D eigenvalue weighted by molar-refractivity contribution is -0.161. The number of rotatable bonds is 73. The van der Waals surface area contributed by atoms with Crippen LogP contribution in [0.5, 0.6) is 0 Å². The summed E-state index contributed by atoms with van der Waals surface area (Å²) in [6.07, 6.45) is 88.2. The van der Waals surface area contributed by atoms with Gasteiger partial charge in [-0.25, -0.2) is 9.13 Å². The summed E-state index contributed by atoms with van der Waals surface area (Å²) in [7, 11) is -10.0. The van der Waals surface area contributed by atoms with E-state index in [1.54, 1.807) is 0 Å². The predicted octanol–water partition coefficient (Wildman–Crippen LogP) is 23.2. The Morgan fingerprint density at radius 1 is 0.269 bits per heavy atom. The number of aliphatic hydroxyl groups excluding tert-OH is 1. The smallest absolute Gasteiger partial charge is 0.462 e. The summed E-state index contributed by atoms with van der Waals surface area (Å²) in [6.45, 7) is 4.56. The van der Waals surface area contributed by atoms with Gasteiger partial charge in [0.25, 0.3) is 0 Å². The number of carbonyl (C=O) groups is 4. The number of ether oxygens (including phenoxy) is 4. The monoisotopic (exact) mass is 1490 g/mol. The van der Waals surface area contributed by atoms with Gasteiger partial charge in [-0.1, -0.05) is 263 Å². The Morgan fingerprint density at radius 3 is 0.788 bits per heavy atom. The maximum absolute atomic E-state index is 13.1. The molecule has 104 heavy (non-hydrogen) atoms. The maximum Gasteiger partial charge on any atom is 0.472 e. The van der Waals surface area contributed by atoms with Gasteiger partial charge in [0, 0.05) is 25.7 Å². The van der Waals surface area contributed by atoms with E-state index in [2.05, 4.69) is 149 Å². The van der Waals surface area contributed by atoms with Gasteiger partial charge in [0.2, 0.25) is 0 Å². The molecule has 0 aromatic carbocycles. The van der Waals surface area contributed by atoms with Crippen LogP contribution in [0.4, 0.5) is 0 Å². The number of allylic oxidation sites excluding steroid dienone is 26. The van der Waals surface area contributed by atoms with Crippen molar-refractivity contribution in [3.8, 4) is 0 Å². The van der Waals surface area contributed by atoms with E-state index >= 15 is 0 Å². The van der Waals surface area contributed by atoms with Crippen LogP contribution in [0.2, 0.25) is 0 Å². The number of phosphoric ester groups is 2. The second-order valence-corrected chi connectivity index (χ2v) is 28.8. The third-order valence-corrected chi connectivity index (χ3v) is 17.8. The number of carbonyl (C=O) groups excluding carboxylic acids is 4. The van der Waals surface area contributed by atoms with E-state index in [1.165, 1.54) is 83.5 Å². The summed E-state index contributed by atoms with van der Waals surface area (Å²) >= 11 is 0. The molecule has 0 radical (unpaired) electrons. The third-order valence-electron chi connectivity index (χ3n) is 15.9. The topological polar surface area (TPSA) is 237 Å². The fraction of sp³-hybridized carbons (Fsp3) is 0.647. The molecule has 17 nitrogen and oxygen atoms in total. The normalized spacial score (nSPS) is 14.7. The van der Waals surface area contributed by atoms with Gasteiger partial charge in [-0.2, -0.15) is 0 Å². The predicted molar refractivity (Wildman–Crippen MR) is 427 cm³/mol. The van der Waals surface area contributed by atoms with E-state index in [1.807, 2.05) is 36.5 Å². The van der Waals surface area contributed by atoms with Crippen molar-refractivity contribution in [1.82, 2.24) is 0 Å². The van der Waals surface area contributed by atoms with E-state index < -0.39 is 97.5 Å². The zero-order valence-electron chi connectivity index (χ0n) is 64.6. The SMILES string of the molecule is CCCCC/C=C\C/C=C\C/C=C\C/C=C\CCCC(=O)OC[C@H](COP(=O)(O)OC[C@H](O)COP(=O)(O)OC[C@@H](COC(=O)CCC/C=C\C/C=C\C/C=C\C/C=C\CCCCC)OC(=O)CCCCCCC/C=C\CCCCCC)OC(=O)CCC/C=C\C/C=C\C/C=C\C/C=C\CCCCC. The molecular formula is C85H140O17P2. The van der Waals surface area contributed by atoms with E-state index in [4.69, 9.17) is 37.0 Å². The van der Waals surface area contributed by atoms with Crippen molar-refractivity contribution in [2.24, 2.45) is 0 Å². The molecule has 0 aromatic heterocycles. The molecule has 0 bridgehead atoms. The average Bonchev–Trinajstić information content (AvgIpc) is 0.910. The highest BCUT2D eigenvalue weighted by Gasteiger charge is 2.30. The first-order chi connectivity index (χ1) is 50.7. The number of esters is 4. The summed E-state index contributed by atoms with van der Waals surface area (Å²) in [6, 6.07) is 0. The first-order valence-electron chi connectivity index (χ1n) is 39.7. The van der Waals surface area contributed by atoms with Gasteiger partial charge < -0.3 is 33.8 Å². The molecular weight excluding hydrogens is 1350 g/mol. The number of phosphoric acid groups is 2. The molecule has 19 heteroatoms. The zero-order chi connectivity index (χ0) is 76.0. The van der Waals surface area contributed by atoms with E-state index in [-0.39, 0.29) is 25.7 Å². The molecule has 0 aliphatic carbocycles. The lowest BCUT2D eigenvalue weighted by atomic mass is 10.1. The Balaban J connectivity index is 5.52. The van der Waals surface area contributed by atoms with Crippen molar-refractivity contribution in [3.63, 3.8) is 0 Å². The van der Waals surface area contributed by atoms with Crippen LogP contribution in [-0.2, 0) is 65.4 Å². The fourth-order valence-electron chi connectivity index (χ4n) is 9.84. The molecule has 0 aliphatic heterocycles. The average molecular weight is 1500 g/mol. The Kier molecular flexibility index (Phi) is 72.0. The van der Waals surface area contributed by atoms with Crippen LogP contribution in [0.1, 0.15) is 297 Å². The van der Waals surface area contributed by atoms with Crippen molar-refractivity contribution in [2.75, 3.05) is 39.6 Å². The Bertz CT molecular complexity index is 2590. The molecule has 2 unspecified atom stereocenters. The maximum atomic E-state index is 13.1. The van der Waals surface area contributed by atoms with Crippen LogP contribution in [0, 0.1) is 0 Å². The van der Waals surface area contributed by atoms with Gasteiger partial charge in [0.15, 0.2) is 12.2 Å². The molecule has 0 spiro atoms. The molecule has 0 fully saturated rings. The fourth-order valence-corrected chi connectivity index (χ4v) is 11.4. The van der Waals surface area contributed by atoms with E-state index in [9.17, 15) is 43.2 Å². The van der Waals surface area contributed by atoms with Crippen molar-refractivity contribution < 1.29 is 80.2 Å². The summed E-state index contributed by atoms with van der Waals surface area (Å²) in [5, 5.41) is 10.6. The van der Waals surface area contributed by atoms with Crippen molar-refractivity contribution in [1.29, 1.82) is 0 Å². The van der Waals surface area contributed by atoms with Crippen LogP contribution in [0.25, 0.3) is 0 Å². The molecule has 0 aliphatic rings. The van der Waals surface area contributed by atoms with Gasteiger partial charge in [0.05, 0.1) is 26.4 Å². The Morgan fingerprint density at radius 2 is 0.481 bits per heavy atom. The standard InChI is InChI=1S/C85H140O17P2/c1-5-9-13-17-21-25-29-33-36-39-42-46-49-53-57-61-65-69-82(87)95-75-80(101-84(89)71-67-63-59-55-51-45-32-28-24-20-16-12-8-4)77-99-103(91,92)97-73-79(86)74-98-104(93,94)100-78-81(102-85(90)72-68-64-60-56-52-48-44-41-38-35-31-27-23-19-15-11-7-3)76-96-83(88)70-66-62-58-54-50-47-43-40-37-34-30-26-22-18-14-10-6-2/h21-23,25-28,32-38,42-44,46-48,53-54,56-58,60,79-81,86H,5-20,24,29-31,39-41,45,49-52,55,59,61-78H2,1-4H3,(H,91,92)(H,93,94)/b25-21-,26-22-,27-23-,32-28-,36-33-,37-34-,38-35-,46-42-,47-43-,48-44-,57-53-,58-54-,60-56-/t79-,80-,81-/m1/s1. The molecule has 5 atom stereocenters. The van der Waals surface area contributed by atoms with Gasteiger partial charge in [-0.15, -0.1) is 0 Å². The highest BCUT2D eigenvalue weighted by molar-refractivity contribution is 7.47.